The molecular formula is C68H107N15O18. The van der Waals surface area contributed by atoms with Crippen LogP contribution in [0.5, 0.6) is 0 Å². The van der Waals surface area contributed by atoms with Crippen LogP contribution in [0, 0.1) is 43.4 Å². The van der Waals surface area contributed by atoms with Crippen LogP contribution in [0.3, 0.4) is 0 Å². The lowest BCUT2D eigenvalue weighted by atomic mass is 9.95. The van der Waals surface area contributed by atoms with Crippen molar-refractivity contribution in [3.8, 4) is 0 Å². The first-order valence-electron chi connectivity index (χ1n) is 34.1. The second-order valence-electron chi connectivity index (χ2n) is 27.3. The Balaban J connectivity index is 2.45. The molecule has 15 atom stereocenters. The van der Waals surface area contributed by atoms with Crippen molar-refractivity contribution in [2.24, 2.45) is 40.3 Å². The number of esters is 1. The molecule has 1 aliphatic heterocycles. The van der Waals surface area contributed by atoms with Crippen molar-refractivity contribution in [2.75, 3.05) is 25.0 Å². The molecule has 33 heteroatoms. The van der Waals surface area contributed by atoms with E-state index in [0.717, 1.165) is 6.92 Å². The lowest BCUT2D eigenvalue weighted by Crippen LogP contribution is -2.64. The van der Waals surface area contributed by atoms with Gasteiger partial charge >= 0.3 is 5.97 Å². The van der Waals surface area contributed by atoms with E-state index in [2.05, 4.69) is 68.1 Å². The lowest BCUT2D eigenvalue weighted by Gasteiger charge is -2.34. The molecule has 2 aromatic rings. The van der Waals surface area contributed by atoms with Crippen molar-refractivity contribution in [2.45, 2.75) is 234 Å². The fraction of sp³-hybridized carbons (Fsp3) is 0.647. The van der Waals surface area contributed by atoms with E-state index in [0.29, 0.717) is 17.1 Å². The van der Waals surface area contributed by atoms with Crippen LogP contribution < -0.4 is 64.2 Å². The lowest BCUT2D eigenvalue weighted by molar-refractivity contribution is -0.159. The number of carbonyl (C=O) groups excluding carboxylic acids is 13. The van der Waals surface area contributed by atoms with Crippen LogP contribution in [-0.4, -0.2) is 211 Å². The Labute approximate surface area is 589 Å². The highest BCUT2D eigenvalue weighted by molar-refractivity contribution is 6.02. The molecule has 17 N–H and O–H groups in total. The zero-order valence-corrected chi connectivity index (χ0v) is 60.4. The fourth-order valence-electron chi connectivity index (χ4n) is 10.8. The number of nitrogens with two attached hydrogens (primary N) is 1. The van der Waals surface area contributed by atoms with Crippen LogP contribution in [0.15, 0.2) is 41.4 Å². The number of primary amides is 1. The van der Waals surface area contributed by atoms with Gasteiger partial charge in [-0.3, -0.25) is 62.5 Å². The van der Waals surface area contributed by atoms with E-state index in [1.54, 1.807) is 68.4 Å². The largest absolute Gasteiger partial charge is 0.453 e. The molecule has 0 unspecified atom stereocenters. The number of aliphatic imine (C=N–C) groups is 1. The van der Waals surface area contributed by atoms with E-state index in [9.17, 15) is 68.4 Å². The first-order chi connectivity index (χ1) is 47.3. The number of aliphatic hydroxyl groups is 4. The van der Waals surface area contributed by atoms with Gasteiger partial charge in [-0.25, -0.2) is 14.8 Å². The molecule has 0 bridgehead atoms. The number of benzene rings is 1. The predicted molar refractivity (Wildman–Crippen MR) is 370 cm³/mol. The van der Waals surface area contributed by atoms with Crippen LogP contribution in [0.4, 0.5) is 5.95 Å². The molecule has 3 rings (SSSR count). The predicted octanol–water partition coefficient (Wildman–Crippen LogP) is -1.71. The van der Waals surface area contributed by atoms with Gasteiger partial charge in [-0.05, 0) is 108 Å². The molecule has 0 radical (unpaired) electrons. The first-order valence-corrected chi connectivity index (χ1v) is 34.1. The summed E-state index contributed by atoms with van der Waals surface area (Å²) < 4.78 is 6.00. The number of nitrogens with one attached hydrogen (secondary N) is 11. The third-order valence-corrected chi connectivity index (χ3v) is 16.3. The van der Waals surface area contributed by atoms with Crippen LogP contribution in [0.2, 0.25) is 0 Å². The van der Waals surface area contributed by atoms with E-state index >= 15 is 14.4 Å². The van der Waals surface area contributed by atoms with E-state index in [1.165, 1.54) is 51.1 Å². The number of aryl methyl sites for hydroxylation is 2. The quantitative estimate of drug-likeness (QED) is 0.0269. The number of hydrogen-bond donors (Lipinski definition) is 16. The topological polar surface area (TPSA) is 509 Å². The maximum absolute atomic E-state index is 15.6. The third kappa shape index (κ3) is 28.5. The highest BCUT2D eigenvalue weighted by atomic mass is 16.5. The highest BCUT2D eigenvalue weighted by Gasteiger charge is 2.44. The molecule has 1 aromatic heterocycles. The Bertz CT molecular complexity index is 3200. The second-order valence-corrected chi connectivity index (χ2v) is 27.3. The van der Waals surface area contributed by atoms with Crippen molar-refractivity contribution in [3.63, 3.8) is 0 Å². The number of cyclic esters (lactones) is 1. The molecule has 562 valence electrons. The number of ketones is 1. The van der Waals surface area contributed by atoms with Gasteiger partial charge in [-0.2, -0.15) is 0 Å². The summed E-state index contributed by atoms with van der Waals surface area (Å²) in [6.45, 7) is 22.1. The van der Waals surface area contributed by atoms with E-state index in [-0.39, 0.29) is 80.6 Å². The molecule has 2 heterocycles. The molecule has 0 saturated carbocycles. The van der Waals surface area contributed by atoms with Crippen molar-refractivity contribution in [1.29, 1.82) is 0 Å². The van der Waals surface area contributed by atoms with Gasteiger partial charge in [0.15, 0.2) is 18.2 Å². The van der Waals surface area contributed by atoms with Crippen molar-refractivity contribution in [3.05, 3.63) is 53.3 Å². The first kappa shape index (κ1) is 86.1. The molecule has 0 aliphatic carbocycles. The number of hydrogen-bond acceptors (Lipinski definition) is 22. The van der Waals surface area contributed by atoms with Gasteiger partial charge in [0.1, 0.15) is 60.2 Å². The van der Waals surface area contributed by atoms with Crippen molar-refractivity contribution in [1.82, 2.24) is 63.1 Å². The third-order valence-electron chi connectivity index (χ3n) is 16.3. The van der Waals surface area contributed by atoms with Gasteiger partial charge in [0.05, 0.1) is 25.4 Å². The number of ether oxygens (including phenoxy) is 1. The van der Waals surface area contributed by atoms with Gasteiger partial charge in [-0.15, -0.1) is 0 Å². The number of rotatable bonds is 27. The summed E-state index contributed by atoms with van der Waals surface area (Å²) in [5.41, 5.74) is 6.95. The second kappa shape index (κ2) is 41.6. The number of carbonyl (C=O) groups is 13. The summed E-state index contributed by atoms with van der Waals surface area (Å²) in [7, 11) is 0. The van der Waals surface area contributed by atoms with E-state index in [1.807, 2.05) is 19.2 Å². The minimum Gasteiger partial charge on any atom is -0.453 e. The summed E-state index contributed by atoms with van der Waals surface area (Å²) in [4.78, 5) is 199. The van der Waals surface area contributed by atoms with Crippen molar-refractivity contribution >= 4 is 88.4 Å². The number of Topliss-reactive ketones (excluding diaryl/α,β-unsaturated/α-hetero) is 1. The van der Waals surface area contributed by atoms with E-state index < -0.39 is 187 Å². The molecule has 1 aromatic carbocycles. The Morgan fingerprint density at radius 3 is 1.76 bits per heavy atom. The standard InChI is InChI=1S/C68H107N15O18/c1-16-36(10)49-63(96)81-50(41(15)86)62(95)71-30-48(87)79-52(55(89)57(69)90)65(98)78-47(31-84)67(100)101-56(42-21-18-17-19-22-42)53(83-61(94)46(27-34(6)7)76-59(92)44(25-32(2)3)72-39(13)29-40(14)85)66(99)82-51(54(88)35(8)9)64(97)77-45(26-33(4)5)60(93)75-43(58(91)80-49)23-20-24-70-68-73-37(11)28-38(12)74-68/h17-19,21-22,28,32-36,41,43-47,49-56,84,86,88-89H,16,20,23-27,29-31H2,1-15H3,(H2,69,90)(H,71,95)(H,75,93)(H,76,92)(H,77,97)(H,78,98)(H,79,87)(H,80,91)(H,81,96)(H,82,99)(H,83,94)(H,70,73,74)/t36-,41-,43+,44+,45-,46-,47-,49-,50-,51-,52-,53-,54+,55-,56+/m0/s1. The van der Waals surface area contributed by atoms with Gasteiger partial charge < -0.3 is 89.4 Å². The minimum absolute atomic E-state index is 0.0735. The van der Waals surface area contributed by atoms with Crippen LogP contribution in [-0.2, 0) is 67.1 Å². The molecule has 1 fully saturated rings. The molecule has 1 aliphatic rings. The maximum atomic E-state index is 15.6. The molecule has 0 spiro atoms. The maximum Gasteiger partial charge on any atom is 0.331 e. The van der Waals surface area contributed by atoms with Crippen LogP contribution in [0.25, 0.3) is 0 Å². The number of nitrogens with zero attached hydrogens (tertiary/aromatic N) is 3. The summed E-state index contributed by atoms with van der Waals surface area (Å²) in [6.07, 6.45) is -8.15. The molecule has 33 nitrogen and oxygen atoms in total. The molecule has 11 amide bonds. The summed E-state index contributed by atoms with van der Waals surface area (Å²) in [5.74, 6) is -17.1. The van der Waals surface area contributed by atoms with Crippen LogP contribution >= 0.6 is 0 Å². The summed E-state index contributed by atoms with van der Waals surface area (Å²) in [5, 5.41) is 72.2. The summed E-state index contributed by atoms with van der Waals surface area (Å²) >= 11 is 0. The molecule has 101 heavy (non-hydrogen) atoms. The van der Waals surface area contributed by atoms with Gasteiger partial charge in [0.2, 0.25) is 70.9 Å². The molecule has 1 saturated heterocycles. The zero-order valence-electron chi connectivity index (χ0n) is 60.4. The normalized spacial score (nSPS) is 23.5. The monoisotopic (exact) mass is 1420 g/mol. The van der Waals surface area contributed by atoms with E-state index in [4.69, 9.17) is 10.5 Å². The van der Waals surface area contributed by atoms with Crippen molar-refractivity contribution < 1.29 is 87.5 Å². The van der Waals surface area contributed by atoms with Crippen LogP contribution in [0.1, 0.15) is 158 Å². The SMILES string of the molecule is CC[C@H](C)[C@@H]1NC(=O)[C@@H](CCCNc2nc(C)cc(C)n2)NC(=O)[C@H](CC(C)C)NC(=O)[C@H]([C@H](O)C(C)C)NC(=O)[C@@H](NC(=O)[C@H](CC(C)C)NC(=O)[C@@H](CC(C)C)N=C(C)CC(C)=O)[C@@H](c2ccccc2)OC(=O)[C@H](CO)NC(=O)[C@H]([C@H](O)C(N)=O)NC(=O)CNC(=O)[C@H]([C@H](C)O)NC1=O. The fourth-order valence-corrected chi connectivity index (χ4v) is 10.8. The smallest absolute Gasteiger partial charge is 0.331 e. The highest BCUT2D eigenvalue weighted by Crippen LogP contribution is 2.25. The molecular weight excluding hydrogens is 1310 g/mol. The van der Waals surface area contributed by atoms with Gasteiger partial charge in [0, 0.05) is 30.1 Å². The number of anilines is 1. The average molecular weight is 1420 g/mol. The Hall–Kier alpha value is -9.08. The number of amides is 11. The Morgan fingerprint density at radius 1 is 0.663 bits per heavy atom. The zero-order chi connectivity index (χ0) is 76.3. The van der Waals surface area contributed by atoms with Gasteiger partial charge in [-0.1, -0.05) is 106 Å². The number of aliphatic hydroxyl groups excluding tert-OH is 4. The summed E-state index contributed by atoms with van der Waals surface area (Å²) in [6, 6.07) is -9.18. The number of aromatic nitrogens is 2. The average Bonchev–Trinajstić information content (AvgIpc) is 0.814. The minimum atomic E-state index is -2.59. The Morgan fingerprint density at radius 2 is 1.22 bits per heavy atom. The Kier molecular flexibility index (Phi) is 35.5. The van der Waals surface area contributed by atoms with Gasteiger partial charge in [0.25, 0.3) is 0 Å².